The van der Waals surface area contributed by atoms with Crippen molar-refractivity contribution < 1.29 is 9.53 Å². The minimum absolute atomic E-state index is 0.159. The predicted molar refractivity (Wildman–Crippen MR) is 79.7 cm³/mol. The Balaban J connectivity index is 2.07. The van der Waals surface area contributed by atoms with Crippen LogP contribution >= 0.6 is 0 Å². The van der Waals surface area contributed by atoms with E-state index in [4.69, 9.17) is 4.74 Å². The molecule has 3 heteroatoms. The van der Waals surface area contributed by atoms with Gasteiger partial charge in [0.05, 0.1) is 5.56 Å². The quantitative estimate of drug-likeness (QED) is 0.816. The Bertz CT molecular complexity index is 579. The van der Waals surface area contributed by atoms with Crippen LogP contribution < -0.4 is 10.1 Å². The molecule has 0 fully saturated rings. The van der Waals surface area contributed by atoms with Gasteiger partial charge >= 0.3 is 0 Å². The number of benzene rings is 2. The van der Waals surface area contributed by atoms with E-state index in [1.807, 2.05) is 42.5 Å². The summed E-state index contributed by atoms with van der Waals surface area (Å²) in [5, 5.41) is 2.75. The highest BCUT2D eigenvalue weighted by atomic mass is 16.5. The Hall–Kier alpha value is -2.55. The van der Waals surface area contributed by atoms with Gasteiger partial charge in [0.15, 0.2) is 0 Å². The largest absolute Gasteiger partial charge is 0.488 e. The van der Waals surface area contributed by atoms with Gasteiger partial charge in [0.25, 0.3) is 5.91 Å². The zero-order chi connectivity index (χ0) is 14.2. The summed E-state index contributed by atoms with van der Waals surface area (Å²) in [6, 6.07) is 17.1. The van der Waals surface area contributed by atoms with Gasteiger partial charge in [0.2, 0.25) is 0 Å². The molecule has 0 saturated carbocycles. The summed E-state index contributed by atoms with van der Waals surface area (Å²) in [4.78, 5) is 12.0. The van der Waals surface area contributed by atoms with Crippen LogP contribution in [0.4, 0.5) is 0 Å². The van der Waals surface area contributed by atoms with Crippen molar-refractivity contribution in [3.63, 3.8) is 0 Å². The second kappa shape index (κ2) is 7.14. The number of para-hydroxylation sites is 1. The Labute approximate surface area is 118 Å². The molecule has 0 heterocycles. The molecule has 20 heavy (non-hydrogen) atoms. The van der Waals surface area contributed by atoms with E-state index in [-0.39, 0.29) is 5.91 Å². The molecule has 0 aliphatic rings. The van der Waals surface area contributed by atoms with Gasteiger partial charge in [-0.2, -0.15) is 0 Å². The summed E-state index contributed by atoms with van der Waals surface area (Å²) in [6.07, 6.45) is 1.64. The SMILES string of the molecule is C=CCNC(=O)c1ccccc1OCc1ccccc1. The Morgan fingerprint density at radius 2 is 1.80 bits per heavy atom. The molecule has 2 aromatic rings. The first-order valence-corrected chi connectivity index (χ1v) is 6.46. The molecule has 2 rings (SSSR count). The lowest BCUT2D eigenvalue weighted by molar-refractivity contribution is 0.0953. The molecule has 0 aromatic heterocycles. The maximum Gasteiger partial charge on any atom is 0.255 e. The predicted octanol–water partition coefficient (Wildman–Crippen LogP) is 3.18. The van der Waals surface area contributed by atoms with Crippen molar-refractivity contribution in [3.8, 4) is 5.75 Å². The monoisotopic (exact) mass is 267 g/mol. The van der Waals surface area contributed by atoms with Crippen LogP contribution in [0.1, 0.15) is 15.9 Å². The summed E-state index contributed by atoms with van der Waals surface area (Å²) in [5.74, 6) is 0.423. The first-order valence-electron chi connectivity index (χ1n) is 6.46. The number of rotatable bonds is 6. The molecule has 0 saturated heterocycles. The number of amides is 1. The van der Waals surface area contributed by atoms with Crippen molar-refractivity contribution in [1.82, 2.24) is 5.32 Å². The minimum Gasteiger partial charge on any atom is -0.488 e. The molecule has 1 amide bonds. The molecule has 0 unspecified atom stereocenters. The van der Waals surface area contributed by atoms with Crippen LogP contribution in [0, 0.1) is 0 Å². The average molecular weight is 267 g/mol. The zero-order valence-electron chi connectivity index (χ0n) is 11.2. The standard InChI is InChI=1S/C17H17NO2/c1-2-12-18-17(19)15-10-6-7-11-16(15)20-13-14-8-4-3-5-9-14/h2-11H,1,12-13H2,(H,18,19). The van der Waals surface area contributed by atoms with Crippen LogP contribution in [0.2, 0.25) is 0 Å². The van der Waals surface area contributed by atoms with E-state index in [1.54, 1.807) is 18.2 Å². The third kappa shape index (κ3) is 3.72. The topological polar surface area (TPSA) is 38.3 Å². The Kier molecular flexibility index (Phi) is 4.95. The number of ether oxygens (including phenoxy) is 1. The van der Waals surface area contributed by atoms with E-state index in [0.717, 1.165) is 5.56 Å². The molecule has 3 nitrogen and oxygen atoms in total. The maximum absolute atomic E-state index is 12.0. The third-order valence-corrected chi connectivity index (χ3v) is 2.78. The molecule has 0 bridgehead atoms. The van der Waals surface area contributed by atoms with Crippen molar-refractivity contribution in [1.29, 1.82) is 0 Å². The number of carbonyl (C=O) groups is 1. The average Bonchev–Trinajstić information content (AvgIpc) is 2.52. The molecular weight excluding hydrogens is 250 g/mol. The van der Waals surface area contributed by atoms with Crippen LogP contribution in [0.25, 0.3) is 0 Å². The highest BCUT2D eigenvalue weighted by Crippen LogP contribution is 2.19. The first kappa shape index (κ1) is 13.9. The van der Waals surface area contributed by atoms with E-state index >= 15 is 0 Å². The van der Waals surface area contributed by atoms with Crippen LogP contribution in [0.3, 0.4) is 0 Å². The van der Waals surface area contributed by atoms with Crippen LogP contribution in [-0.4, -0.2) is 12.5 Å². The van der Waals surface area contributed by atoms with Crippen LogP contribution in [-0.2, 0) is 6.61 Å². The summed E-state index contributed by atoms with van der Waals surface area (Å²) < 4.78 is 5.74. The second-order valence-electron chi connectivity index (χ2n) is 4.27. The van der Waals surface area contributed by atoms with Gasteiger partial charge in [0, 0.05) is 6.54 Å². The third-order valence-electron chi connectivity index (χ3n) is 2.78. The van der Waals surface area contributed by atoms with Gasteiger partial charge in [-0.25, -0.2) is 0 Å². The van der Waals surface area contributed by atoms with Crippen LogP contribution in [0.5, 0.6) is 5.75 Å². The minimum atomic E-state index is -0.159. The van der Waals surface area contributed by atoms with E-state index in [0.29, 0.717) is 24.5 Å². The Morgan fingerprint density at radius 3 is 2.55 bits per heavy atom. The molecule has 1 N–H and O–H groups in total. The van der Waals surface area contributed by atoms with Gasteiger partial charge < -0.3 is 10.1 Å². The normalized spacial score (nSPS) is 9.80. The fraction of sp³-hybridized carbons (Fsp3) is 0.118. The van der Waals surface area contributed by atoms with Gasteiger partial charge in [0.1, 0.15) is 12.4 Å². The maximum atomic E-state index is 12.0. The van der Waals surface area contributed by atoms with Crippen molar-refractivity contribution in [2.45, 2.75) is 6.61 Å². The zero-order valence-corrected chi connectivity index (χ0v) is 11.2. The summed E-state index contributed by atoms with van der Waals surface area (Å²) in [5.41, 5.74) is 1.60. The first-order chi connectivity index (χ1) is 9.81. The molecular formula is C17H17NO2. The molecule has 0 atom stereocenters. The lowest BCUT2D eigenvalue weighted by Gasteiger charge is -2.11. The number of hydrogen-bond donors (Lipinski definition) is 1. The fourth-order valence-electron chi connectivity index (χ4n) is 1.78. The molecule has 0 spiro atoms. The second-order valence-corrected chi connectivity index (χ2v) is 4.27. The molecule has 0 radical (unpaired) electrons. The van der Waals surface area contributed by atoms with Gasteiger partial charge in [-0.3, -0.25) is 4.79 Å². The van der Waals surface area contributed by atoms with E-state index in [1.165, 1.54) is 0 Å². The van der Waals surface area contributed by atoms with Crippen molar-refractivity contribution >= 4 is 5.91 Å². The summed E-state index contributed by atoms with van der Waals surface area (Å²) >= 11 is 0. The smallest absolute Gasteiger partial charge is 0.255 e. The number of nitrogens with one attached hydrogen (secondary N) is 1. The molecule has 0 aliphatic carbocycles. The van der Waals surface area contributed by atoms with Gasteiger partial charge in [-0.15, -0.1) is 6.58 Å². The molecule has 102 valence electrons. The highest BCUT2D eigenvalue weighted by molar-refractivity contribution is 5.96. The summed E-state index contributed by atoms with van der Waals surface area (Å²) in [6.45, 7) is 4.45. The van der Waals surface area contributed by atoms with Crippen molar-refractivity contribution in [2.24, 2.45) is 0 Å². The van der Waals surface area contributed by atoms with Crippen molar-refractivity contribution in [3.05, 3.63) is 78.4 Å². The number of hydrogen-bond acceptors (Lipinski definition) is 2. The number of carbonyl (C=O) groups excluding carboxylic acids is 1. The van der Waals surface area contributed by atoms with E-state index in [2.05, 4.69) is 11.9 Å². The van der Waals surface area contributed by atoms with Crippen LogP contribution in [0.15, 0.2) is 67.3 Å². The molecule has 0 aliphatic heterocycles. The Morgan fingerprint density at radius 1 is 1.10 bits per heavy atom. The van der Waals surface area contributed by atoms with E-state index < -0.39 is 0 Å². The lowest BCUT2D eigenvalue weighted by atomic mass is 10.2. The van der Waals surface area contributed by atoms with Gasteiger partial charge in [-0.05, 0) is 17.7 Å². The van der Waals surface area contributed by atoms with Gasteiger partial charge in [-0.1, -0.05) is 48.5 Å². The summed E-state index contributed by atoms with van der Waals surface area (Å²) in [7, 11) is 0. The lowest BCUT2D eigenvalue weighted by Crippen LogP contribution is -2.23. The highest BCUT2D eigenvalue weighted by Gasteiger charge is 2.10. The fourth-order valence-corrected chi connectivity index (χ4v) is 1.78. The molecule has 2 aromatic carbocycles. The van der Waals surface area contributed by atoms with E-state index in [9.17, 15) is 4.79 Å². The van der Waals surface area contributed by atoms with Crippen molar-refractivity contribution in [2.75, 3.05) is 6.54 Å².